The van der Waals surface area contributed by atoms with E-state index in [4.69, 9.17) is 4.74 Å². The molecule has 0 radical (unpaired) electrons. The third-order valence-corrected chi connectivity index (χ3v) is 1.91. The van der Waals surface area contributed by atoms with Crippen LogP contribution in [0.2, 0.25) is 0 Å². The quantitative estimate of drug-likeness (QED) is 0.360. The zero-order chi connectivity index (χ0) is 10.6. The van der Waals surface area contributed by atoms with Gasteiger partial charge in [-0.1, -0.05) is 6.58 Å². The number of amidine groups is 1. The van der Waals surface area contributed by atoms with Crippen molar-refractivity contribution in [1.29, 1.82) is 0 Å². The molecule has 0 aromatic heterocycles. The zero-order valence-corrected chi connectivity index (χ0v) is 7.97. The van der Waals surface area contributed by atoms with E-state index in [-0.39, 0.29) is 0 Å². The van der Waals surface area contributed by atoms with E-state index in [0.717, 1.165) is 6.08 Å². The molecular formula is C9H12N2O3. The summed E-state index contributed by atoms with van der Waals surface area (Å²) in [4.78, 5) is 27.0. The van der Waals surface area contributed by atoms with Crippen LogP contribution in [0.4, 0.5) is 0 Å². The van der Waals surface area contributed by atoms with Gasteiger partial charge in [-0.2, -0.15) is 0 Å². The first-order valence-corrected chi connectivity index (χ1v) is 4.28. The van der Waals surface area contributed by atoms with Gasteiger partial charge in [0.2, 0.25) is 0 Å². The number of esters is 1. The van der Waals surface area contributed by atoms with Crippen LogP contribution in [0.3, 0.4) is 0 Å². The summed E-state index contributed by atoms with van der Waals surface area (Å²) in [5.41, 5.74) is 0. The Hall–Kier alpha value is -1.65. The maximum Gasteiger partial charge on any atom is 0.332 e. The summed E-state index contributed by atoms with van der Waals surface area (Å²) in [6, 6.07) is 0. The van der Waals surface area contributed by atoms with Gasteiger partial charge in [-0.15, -0.1) is 0 Å². The highest BCUT2D eigenvalue weighted by atomic mass is 16.6. The Labute approximate surface area is 82.1 Å². The normalized spacial score (nSPS) is 17.2. The first kappa shape index (κ1) is 10.4. The average molecular weight is 196 g/mol. The van der Waals surface area contributed by atoms with Gasteiger partial charge in [-0.3, -0.25) is 9.79 Å². The van der Waals surface area contributed by atoms with Gasteiger partial charge in [0.05, 0.1) is 6.54 Å². The summed E-state index contributed by atoms with van der Waals surface area (Å²) in [7, 11) is 0. The first-order chi connectivity index (χ1) is 6.69. The van der Waals surface area contributed by atoms with Gasteiger partial charge in [0, 0.05) is 12.6 Å². The largest absolute Gasteiger partial charge is 0.439 e. The van der Waals surface area contributed by atoms with Crippen LogP contribution in [0.5, 0.6) is 0 Å². The number of ether oxygens (including phenoxy) is 1. The monoisotopic (exact) mass is 196 g/mol. The number of rotatable bonds is 4. The van der Waals surface area contributed by atoms with Crippen LogP contribution in [-0.2, 0) is 14.3 Å². The molecule has 5 heteroatoms. The van der Waals surface area contributed by atoms with Crippen molar-refractivity contribution in [3.05, 3.63) is 12.7 Å². The first-order valence-electron chi connectivity index (χ1n) is 4.28. The van der Waals surface area contributed by atoms with E-state index in [2.05, 4.69) is 11.6 Å². The van der Waals surface area contributed by atoms with Gasteiger partial charge in [-0.25, -0.2) is 4.79 Å². The highest BCUT2D eigenvalue weighted by molar-refractivity contribution is 6.27. The van der Waals surface area contributed by atoms with Crippen LogP contribution in [0, 0.1) is 0 Å². The second-order valence-electron chi connectivity index (χ2n) is 2.79. The van der Waals surface area contributed by atoms with Crippen molar-refractivity contribution in [3.8, 4) is 0 Å². The Morgan fingerprint density at radius 1 is 1.79 bits per heavy atom. The number of hydrogen-bond acceptors (Lipinski definition) is 5. The standard InChI is InChI=1S/C9H12N2O3/c1-3-9(13)14-7(2)11-5-4-10-8(11)6-12/h3,6-7H,1,4-5H2,2H3. The SMILES string of the molecule is C=CC(=O)OC(C)N1CCN=C1C=O. The lowest BCUT2D eigenvalue weighted by atomic mass is 10.4. The van der Waals surface area contributed by atoms with Crippen molar-refractivity contribution < 1.29 is 14.3 Å². The van der Waals surface area contributed by atoms with Crippen LogP contribution in [-0.4, -0.2) is 42.3 Å². The minimum Gasteiger partial charge on any atom is -0.439 e. The Kier molecular flexibility index (Phi) is 3.39. The van der Waals surface area contributed by atoms with Crippen molar-refractivity contribution in [2.75, 3.05) is 13.1 Å². The van der Waals surface area contributed by atoms with Crippen LogP contribution >= 0.6 is 0 Å². The summed E-state index contributed by atoms with van der Waals surface area (Å²) in [5.74, 6) is -0.177. The highest BCUT2D eigenvalue weighted by Crippen LogP contribution is 2.07. The molecule has 0 bridgehead atoms. The minimum absolute atomic E-state index is 0.328. The number of aldehydes is 1. The van der Waals surface area contributed by atoms with Crippen molar-refractivity contribution in [1.82, 2.24) is 4.90 Å². The fraction of sp³-hybridized carbons (Fsp3) is 0.444. The summed E-state index contributed by atoms with van der Waals surface area (Å²) < 4.78 is 4.94. The lowest BCUT2D eigenvalue weighted by Crippen LogP contribution is -2.39. The molecule has 0 saturated heterocycles. The molecule has 0 fully saturated rings. The maximum absolute atomic E-state index is 10.9. The lowest BCUT2D eigenvalue weighted by molar-refractivity contribution is -0.147. The van der Waals surface area contributed by atoms with E-state index in [1.54, 1.807) is 11.8 Å². The Morgan fingerprint density at radius 3 is 3.07 bits per heavy atom. The molecule has 0 amide bonds. The number of aliphatic imine (C=N–C) groups is 1. The molecule has 0 aliphatic carbocycles. The summed E-state index contributed by atoms with van der Waals surface area (Å²) >= 11 is 0. The van der Waals surface area contributed by atoms with Crippen molar-refractivity contribution >= 4 is 18.1 Å². The van der Waals surface area contributed by atoms with E-state index in [1.165, 1.54) is 0 Å². The molecule has 14 heavy (non-hydrogen) atoms. The van der Waals surface area contributed by atoms with E-state index < -0.39 is 12.2 Å². The molecular weight excluding hydrogens is 184 g/mol. The Bertz CT molecular complexity index is 286. The van der Waals surface area contributed by atoms with Gasteiger partial charge in [-0.05, 0) is 6.92 Å². The number of hydrogen-bond donors (Lipinski definition) is 0. The van der Waals surface area contributed by atoms with Crippen LogP contribution < -0.4 is 0 Å². The van der Waals surface area contributed by atoms with Crippen molar-refractivity contribution in [2.24, 2.45) is 4.99 Å². The molecule has 0 aromatic carbocycles. The second-order valence-corrected chi connectivity index (χ2v) is 2.79. The average Bonchev–Trinajstić information content (AvgIpc) is 2.65. The Balaban J connectivity index is 2.56. The van der Waals surface area contributed by atoms with Gasteiger partial charge in [0.1, 0.15) is 0 Å². The minimum atomic E-state index is -0.505. The molecule has 1 unspecified atom stereocenters. The highest BCUT2D eigenvalue weighted by Gasteiger charge is 2.23. The van der Waals surface area contributed by atoms with Crippen molar-refractivity contribution in [2.45, 2.75) is 13.2 Å². The second kappa shape index (κ2) is 4.55. The van der Waals surface area contributed by atoms with E-state index >= 15 is 0 Å². The van der Waals surface area contributed by atoms with Crippen molar-refractivity contribution in [3.63, 3.8) is 0 Å². The summed E-state index contributed by atoms with van der Waals surface area (Å²) in [6.07, 6.45) is 1.27. The third-order valence-electron chi connectivity index (χ3n) is 1.91. The molecule has 1 heterocycles. The smallest absolute Gasteiger partial charge is 0.332 e. The molecule has 5 nitrogen and oxygen atoms in total. The molecule has 0 N–H and O–H groups in total. The molecule has 0 aromatic rings. The maximum atomic E-state index is 10.9. The number of carbonyl (C=O) groups is 2. The molecule has 1 aliphatic heterocycles. The molecule has 1 atom stereocenters. The Morgan fingerprint density at radius 2 is 2.50 bits per heavy atom. The topological polar surface area (TPSA) is 59.0 Å². The van der Waals surface area contributed by atoms with Crippen LogP contribution in [0.15, 0.2) is 17.6 Å². The van der Waals surface area contributed by atoms with Gasteiger partial charge < -0.3 is 9.64 Å². The molecule has 0 saturated carbocycles. The molecule has 1 aliphatic rings. The van der Waals surface area contributed by atoms with Gasteiger partial charge >= 0.3 is 5.97 Å². The van der Waals surface area contributed by atoms with E-state index in [0.29, 0.717) is 25.2 Å². The summed E-state index contributed by atoms with van der Waals surface area (Å²) in [5, 5.41) is 0. The fourth-order valence-electron chi connectivity index (χ4n) is 1.23. The fourth-order valence-corrected chi connectivity index (χ4v) is 1.23. The van der Waals surface area contributed by atoms with Gasteiger partial charge in [0.25, 0.3) is 0 Å². The van der Waals surface area contributed by atoms with E-state index in [9.17, 15) is 9.59 Å². The predicted octanol–water partition coefficient (Wildman–Crippen LogP) is -0.0254. The number of carbonyl (C=O) groups excluding carboxylic acids is 2. The zero-order valence-electron chi connectivity index (χ0n) is 7.97. The summed E-state index contributed by atoms with van der Waals surface area (Å²) in [6.45, 7) is 6.13. The third kappa shape index (κ3) is 2.18. The molecule has 1 rings (SSSR count). The van der Waals surface area contributed by atoms with Crippen LogP contribution in [0.1, 0.15) is 6.92 Å². The molecule has 0 spiro atoms. The molecule has 76 valence electrons. The van der Waals surface area contributed by atoms with E-state index in [1.807, 2.05) is 0 Å². The number of nitrogens with zero attached hydrogens (tertiary/aromatic N) is 2. The van der Waals surface area contributed by atoms with Crippen LogP contribution in [0.25, 0.3) is 0 Å². The predicted molar refractivity (Wildman–Crippen MR) is 50.8 cm³/mol. The van der Waals surface area contributed by atoms with Gasteiger partial charge in [0.15, 0.2) is 18.3 Å². The lowest BCUT2D eigenvalue weighted by Gasteiger charge is -2.24.